The first-order valence-corrected chi connectivity index (χ1v) is 12.6. The third kappa shape index (κ3) is 5.35. The molecule has 31 heavy (non-hydrogen) atoms. The Morgan fingerprint density at radius 2 is 2.00 bits per heavy atom. The standard InChI is InChI=1S/C19H28N8O3S/c1-14(26-9-3-8-20-26)12-18(29)25-10-6-16(7-11-25)31(2,30)23-17(28)13-27-22-19(21-24-27)15-4-5-15/h3,8-9,14-16H,4-7,10-13H2,1-2H3. The summed E-state index contributed by atoms with van der Waals surface area (Å²) in [4.78, 5) is 28.0. The predicted octanol–water partition coefficient (Wildman–Crippen LogP) is 1.01. The highest BCUT2D eigenvalue weighted by Crippen LogP contribution is 2.37. The highest BCUT2D eigenvalue weighted by Gasteiger charge is 2.30. The Balaban J connectivity index is 1.29. The van der Waals surface area contributed by atoms with Gasteiger partial charge in [-0.2, -0.15) is 14.3 Å². The summed E-state index contributed by atoms with van der Waals surface area (Å²) in [6.07, 6.45) is 8.65. The Morgan fingerprint density at radius 3 is 2.65 bits per heavy atom. The fourth-order valence-corrected chi connectivity index (χ4v) is 5.51. The van der Waals surface area contributed by atoms with Gasteiger partial charge in [0.15, 0.2) is 5.82 Å². The lowest BCUT2D eigenvalue weighted by atomic mass is 10.1. The summed E-state index contributed by atoms with van der Waals surface area (Å²) in [5, 5.41) is 16.0. The Labute approximate surface area is 181 Å². The molecule has 0 aromatic carbocycles. The Hall–Kier alpha value is -2.63. The minimum Gasteiger partial charge on any atom is -0.343 e. The molecular formula is C19H28N8O3S. The summed E-state index contributed by atoms with van der Waals surface area (Å²) in [7, 11) is -2.72. The molecule has 2 aromatic heterocycles. The van der Waals surface area contributed by atoms with E-state index in [4.69, 9.17) is 0 Å². The maximum Gasteiger partial charge on any atom is 0.277 e. The van der Waals surface area contributed by atoms with E-state index in [1.807, 2.05) is 19.2 Å². The summed E-state index contributed by atoms with van der Waals surface area (Å²) in [5.74, 6) is 0.551. The molecule has 2 atom stereocenters. The SMILES string of the molecule is CC(CC(=O)N1CCC(S(C)(=O)=NC(=O)Cn2nnc(C3CC3)n2)CC1)n1cccn1. The van der Waals surface area contributed by atoms with Gasteiger partial charge in [-0.1, -0.05) is 0 Å². The second-order valence-electron chi connectivity index (χ2n) is 8.42. The highest BCUT2D eigenvalue weighted by atomic mass is 32.2. The molecule has 168 valence electrons. The lowest BCUT2D eigenvalue weighted by Crippen LogP contribution is -2.42. The van der Waals surface area contributed by atoms with E-state index in [9.17, 15) is 13.8 Å². The van der Waals surface area contributed by atoms with Crippen LogP contribution >= 0.6 is 0 Å². The molecule has 0 N–H and O–H groups in total. The molecule has 2 amide bonds. The van der Waals surface area contributed by atoms with Crippen LogP contribution in [0.1, 0.15) is 56.8 Å². The molecule has 0 spiro atoms. The van der Waals surface area contributed by atoms with E-state index in [1.165, 1.54) is 11.1 Å². The quantitative estimate of drug-likeness (QED) is 0.618. The topological polar surface area (TPSA) is 128 Å². The zero-order chi connectivity index (χ0) is 22.0. The van der Waals surface area contributed by atoms with E-state index < -0.39 is 15.6 Å². The summed E-state index contributed by atoms with van der Waals surface area (Å²) in [6.45, 7) is 2.82. The summed E-state index contributed by atoms with van der Waals surface area (Å²) in [5.41, 5.74) is 0. The number of rotatable bonds is 7. The smallest absolute Gasteiger partial charge is 0.277 e. The normalized spacial score (nSPS) is 20.3. The van der Waals surface area contributed by atoms with Crippen molar-refractivity contribution in [3.63, 3.8) is 0 Å². The molecule has 3 heterocycles. The molecule has 11 nitrogen and oxygen atoms in total. The lowest BCUT2D eigenvalue weighted by molar-refractivity contribution is -0.132. The van der Waals surface area contributed by atoms with Crippen LogP contribution in [0.25, 0.3) is 0 Å². The minimum absolute atomic E-state index is 0.0194. The van der Waals surface area contributed by atoms with Gasteiger partial charge < -0.3 is 4.90 Å². The van der Waals surface area contributed by atoms with Crippen LogP contribution in [0.5, 0.6) is 0 Å². The number of hydrogen-bond acceptors (Lipinski definition) is 7. The molecule has 0 bridgehead atoms. The highest BCUT2D eigenvalue weighted by molar-refractivity contribution is 7.93. The van der Waals surface area contributed by atoms with Gasteiger partial charge in [0, 0.05) is 49.3 Å². The van der Waals surface area contributed by atoms with Gasteiger partial charge in [-0.3, -0.25) is 14.3 Å². The van der Waals surface area contributed by atoms with E-state index in [1.54, 1.807) is 15.8 Å². The van der Waals surface area contributed by atoms with Crippen LogP contribution < -0.4 is 0 Å². The molecule has 12 heteroatoms. The van der Waals surface area contributed by atoms with Crippen LogP contribution in [0, 0.1) is 0 Å². The van der Waals surface area contributed by atoms with Crippen molar-refractivity contribution in [2.75, 3.05) is 19.3 Å². The molecule has 1 saturated heterocycles. The maximum atomic E-state index is 13.1. The molecule has 1 aliphatic heterocycles. The number of tetrazole rings is 1. The third-order valence-corrected chi connectivity index (χ3v) is 8.10. The van der Waals surface area contributed by atoms with Crippen molar-refractivity contribution >= 4 is 21.5 Å². The van der Waals surface area contributed by atoms with Gasteiger partial charge in [0.25, 0.3) is 5.91 Å². The van der Waals surface area contributed by atoms with E-state index in [0.717, 1.165) is 12.8 Å². The van der Waals surface area contributed by atoms with Gasteiger partial charge in [-0.15, -0.1) is 10.2 Å². The number of carbonyl (C=O) groups is 2. The first kappa shape index (κ1) is 21.6. The summed E-state index contributed by atoms with van der Waals surface area (Å²) < 4.78 is 18.9. The van der Waals surface area contributed by atoms with Gasteiger partial charge in [0.2, 0.25) is 5.91 Å². The van der Waals surface area contributed by atoms with Crippen LogP contribution in [-0.4, -0.2) is 75.5 Å². The Kier molecular flexibility index (Phi) is 6.17. The van der Waals surface area contributed by atoms with Crippen LogP contribution in [0.4, 0.5) is 0 Å². The number of nitrogens with zero attached hydrogens (tertiary/aromatic N) is 8. The Morgan fingerprint density at radius 1 is 1.26 bits per heavy atom. The number of aromatic nitrogens is 6. The van der Waals surface area contributed by atoms with Crippen molar-refractivity contribution in [2.45, 2.75) is 62.8 Å². The van der Waals surface area contributed by atoms with E-state index >= 15 is 0 Å². The second-order valence-corrected chi connectivity index (χ2v) is 11.0. The fourth-order valence-electron chi connectivity index (χ4n) is 3.81. The van der Waals surface area contributed by atoms with Gasteiger partial charge in [-0.25, -0.2) is 4.21 Å². The van der Waals surface area contributed by atoms with Gasteiger partial charge in [0.1, 0.15) is 6.54 Å². The van der Waals surface area contributed by atoms with Crippen molar-refractivity contribution in [3.05, 3.63) is 24.3 Å². The summed E-state index contributed by atoms with van der Waals surface area (Å²) >= 11 is 0. The molecule has 0 radical (unpaired) electrons. The van der Waals surface area contributed by atoms with Crippen molar-refractivity contribution < 1.29 is 13.8 Å². The molecule has 1 aliphatic carbocycles. The first-order valence-electron chi connectivity index (χ1n) is 10.6. The minimum atomic E-state index is -2.72. The monoisotopic (exact) mass is 448 g/mol. The maximum absolute atomic E-state index is 13.1. The molecule has 2 fully saturated rings. The number of piperidine rings is 1. The van der Waals surface area contributed by atoms with Crippen molar-refractivity contribution in [1.82, 2.24) is 34.9 Å². The number of hydrogen-bond donors (Lipinski definition) is 0. The van der Waals surface area contributed by atoms with Gasteiger partial charge in [-0.05, 0) is 43.9 Å². The van der Waals surface area contributed by atoms with Crippen LogP contribution in [0.3, 0.4) is 0 Å². The average Bonchev–Trinajstić information content (AvgIpc) is 3.23. The largest absolute Gasteiger partial charge is 0.343 e. The third-order valence-electron chi connectivity index (χ3n) is 5.83. The lowest BCUT2D eigenvalue weighted by Gasteiger charge is -2.33. The van der Waals surface area contributed by atoms with Crippen LogP contribution in [0.15, 0.2) is 22.8 Å². The van der Waals surface area contributed by atoms with Crippen molar-refractivity contribution in [1.29, 1.82) is 0 Å². The van der Waals surface area contributed by atoms with E-state index in [0.29, 0.717) is 44.1 Å². The van der Waals surface area contributed by atoms with Crippen LogP contribution in [0.2, 0.25) is 0 Å². The van der Waals surface area contributed by atoms with Gasteiger partial charge >= 0.3 is 0 Å². The number of amides is 2. The molecule has 1 saturated carbocycles. The molecular weight excluding hydrogens is 420 g/mol. The van der Waals surface area contributed by atoms with Crippen LogP contribution in [-0.2, 0) is 25.9 Å². The Bertz CT molecular complexity index is 1040. The number of carbonyl (C=O) groups excluding carboxylic acids is 2. The number of likely N-dealkylation sites (tertiary alicyclic amines) is 1. The predicted molar refractivity (Wildman–Crippen MR) is 112 cm³/mol. The molecule has 2 aliphatic rings. The zero-order valence-corrected chi connectivity index (χ0v) is 18.6. The van der Waals surface area contributed by atoms with Crippen molar-refractivity contribution in [3.8, 4) is 0 Å². The molecule has 2 unspecified atom stereocenters. The molecule has 2 aromatic rings. The molecule has 4 rings (SSSR count). The fraction of sp³-hybridized carbons (Fsp3) is 0.684. The second kappa shape index (κ2) is 8.85. The van der Waals surface area contributed by atoms with E-state index in [2.05, 4.69) is 24.9 Å². The van der Waals surface area contributed by atoms with Crippen molar-refractivity contribution in [2.24, 2.45) is 4.36 Å². The average molecular weight is 449 g/mol. The van der Waals surface area contributed by atoms with E-state index in [-0.39, 0.29) is 23.7 Å². The van der Waals surface area contributed by atoms with Gasteiger partial charge in [0.05, 0.1) is 15.8 Å². The zero-order valence-electron chi connectivity index (χ0n) is 17.8. The first-order chi connectivity index (χ1) is 14.8. The summed E-state index contributed by atoms with van der Waals surface area (Å²) in [6, 6.07) is 1.81.